The van der Waals surface area contributed by atoms with Crippen LogP contribution in [0.4, 0.5) is 17.6 Å². The lowest BCUT2D eigenvalue weighted by molar-refractivity contribution is -0.141. The molecule has 0 N–H and O–H groups in total. The zero-order valence-electron chi connectivity index (χ0n) is 15.7. The van der Waals surface area contributed by atoms with Gasteiger partial charge in [0.05, 0.1) is 6.04 Å². The minimum Gasteiger partial charge on any atom is -0.371 e. The molecule has 1 saturated heterocycles. The van der Waals surface area contributed by atoms with Gasteiger partial charge in [0.25, 0.3) is 0 Å². The van der Waals surface area contributed by atoms with Crippen LogP contribution in [0.5, 0.6) is 0 Å². The Morgan fingerprint density at radius 2 is 1.90 bits per heavy atom. The van der Waals surface area contributed by atoms with Gasteiger partial charge < -0.3 is 9.64 Å². The third-order valence-corrected chi connectivity index (χ3v) is 4.86. The summed E-state index contributed by atoms with van der Waals surface area (Å²) in [6.07, 6.45) is -1.84. The summed E-state index contributed by atoms with van der Waals surface area (Å²) in [7, 11) is 0. The molecular formula is C21H22F4N2O2. The van der Waals surface area contributed by atoms with E-state index >= 15 is 0 Å². The van der Waals surface area contributed by atoms with Crippen LogP contribution in [0.1, 0.15) is 49.0 Å². The molecule has 1 aliphatic heterocycles. The zero-order chi connectivity index (χ0) is 20.9. The molecule has 3 rings (SSSR count). The van der Waals surface area contributed by atoms with Gasteiger partial charge in [0.15, 0.2) is 0 Å². The van der Waals surface area contributed by atoms with Crippen molar-refractivity contribution in [3.05, 3.63) is 65.7 Å². The van der Waals surface area contributed by atoms with E-state index < -0.39 is 30.6 Å². The predicted molar refractivity (Wildman–Crippen MR) is 98.3 cm³/mol. The van der Waals surface area contributed by atoms with E-state index in [-0.39, 0.29) is 18.9 Å². The summed E-state index contributed by atoms with van der Waals surface area (Å²) in [5.41, 5.74) is 1.31. The molecule has 2 aromatic rings. The number of benzene rings is 1. The molecule has 2 atom stereocenters. The van der Waals surface area contributed by atoms with Crippen LogP contribution in [0.2, 0.25) is 0 Å². The maximum Gasteiger partial charge on any atom is 0.389 e. The van der Waals surface area contributed by atoms with Gasteiger partial charge in [-0.1, -0.05) is 18.2 Å². The number of likely N-dealkylation sites (tertiary alicyclic amines) is 1. The van der Waals surface area contributed by atoms with Gasteiger partial charge in [-0.25, -0.2) is 4.39 Å². The summed E-state index contributed by atoms with van der Waals surface area (Å²) in [6, 6.07) is 8.59. The standard InChI is InChI=1S/C21H22F4N2O2/c22-17-8-6-15(7-9-17)20(29-13-3-10-21(23,24)25)19(16-4-1-11-26-14-16)27-12-2-5-18(27)28/h1,4,6-9,11,14,19-20H,2-3,5,10,12-13H2. The number of carbonyl (C=O) groups is 1. The Labute approximate surface area is 166 Å². The number of alkyl halides is 3. The van der Waals surface area contributed by atoms with E-state index in [4.69, 9.17) is 4.74 Å². The van der Waals surface area contributed by atoms with Crippen molar-refractivity contribution in [1.82, 2.24) is 9.88 Å². The SMILES string of the molecule is O=C1CCCN1C(c1cccnc1)C(OCCCC(F)(F)F)c1ccc(F)cc1. The lowest BCUT2D eigenvalue weighted by atomic mass is 9.95. The lowest BCUT2D eigenvalue weighted by Crippen LogP contribution is -2.35. The highest BCUT2D eigenvalue weighted by Crippen LogP contribution is 2.39. The highest BCUT2D eigenvalue weighted by atomic mass is 19.4. The first-order valence-electron chi connectivity index (χ1n) is 9.48. The maximum atomic E-state index is 13.4. The zero-order valence-corrected chi connectivity index (χ0v) is 15.7. The van der Waals surface area contributed by atoms with Crippen molar-refractivity contribution in [1.29, 1.82) is 0 Å². The molecule has 0 saturated carbocycles. The van der Waals surface area contributed by atoms with Crippen LogP contribution in [0.25, 0.3) is 0 Å². The van der Waals surface area contributed by atoms with Gasteiger partial charge in [-0.2, -0.15) is 13.2 Å². The molecule has 1 amide bonds. The van der Waals surface area contributed by atoms with Gasteiger partial charge in [-0.3, -0.25) is 9.78 Å². The Kier molecular flexibility index (Phi) is 6.84. The summed E-state index contributed by atoms with van der Waals surface area (Å²) < 4.78 is 56.9. The van der Waals surface area contributed by atoms with E-state index in [2.05, 4.69) is 4.98 Å². The number of carbonyl (C=O) groups excluding carboxylic acids is 1. The number of hydrogen-bond acceptors (Lipinski definition) is 3. The van der Waals surface area contributed by atoms with Gasteiger partial charge in [-0.15, -0.1) is 0 Å². The summed E-state index contributed by atoms with van der Waals surface area (Å²) >= 11 is 0. The van der Waals surface area contributed by atoms with E-state index in [0.29, 0.717) is 30.5 Å². The fourth-order valence-corrected chi connectivity index (χ4v) is 3.54. The van der Waals surface area contributed by atoms with Crippen molar-refractivity contribution in [2.24, 2.45) is 0 Å². The van der Waals surface area contributed by atoms with E-state index in [1.807, 2.05) is 0 Å². The number of hydrogen-bond donors (Lipinski definition) is 0. The number of pyridine rings is 1. The van der Waals surface area contributed by atoms with E-state index in [1.54, 1.807) is 29.4 Å². The van der Waals surface area contributed by atoms with Crippen LogP contribution in [0.15, 0.2) is 48.8 Å². The molecule has 4 nitrogen and oxygen atoms in total. The van der Waals surface area contributed by atoms with Gasteiger partial charge in [-0.05, 0) is 42.2 Å². The van der Waals surface area contributed by atoms with E-state index in [9.17, 15) is 22.4 Å². The van der Waals surface area contributed by atoms with Gasteiger partial charge in [0, 0.05) is 38.4 Å². The maximum absolute atomic E-state index is 13.4. The highest BCUT2D eigenvalue weighted by Gasteiger charge is 2.36. The molecule has 0 bridgehead atoms. The van der Waals surface area contributed by atoms with Gasteiger partial charge in [0.2, 0.25) is 5.91 Å². The van der Waals surface area contributed by atoms with Crippen LogP contribution in [0, 0.1) is 5.82 Å². The monoisotopic (exact) mass is 410 g/mol. The highest BCUT2D eigenvalue weighted by molar-refractivity contribution is 5.78. The van der Waals surface area contributed by atoms with E-state index in [1.165, 1.54) is 24.3 Å². The molecule has 1 aliphatic rings. The average molecular weight is 410 g/mol. The topological polar surface area (TPSA) is 42.4 Å². The second kappa shape index (κ2) is 9.35. The minimum atomic E-state index is -4.26. The van der Waals surface area contributed by atoms with E-state index in [0.717, 1.165) is 0 Å². The molecule has 1 aromatic carbocycles. The second-order valence-corrected chi connectivity index (χ2v) is 6.98. The van der Waals surface area contributed by atoms with Crippen LogP contribution in [-0.2, 0) is 9.53 Å². The second-order valence-electron chi connectivity index (χ2n) is 6.98. The van der Waals surface area contributed by atoms with Crippen molar-refractivity contribution in [3.8, 4) is 0 Å². The molecule has 8 heteroatoms. The number of aromatic nitrogens is 1. The van der Waals surface area contributed by atoms with Crippen molar-refractivity contribution < 1.29 is 27.1 Å². The first-order chi connectivity index (χ1) is 13.8. The van der Waals surface area contributed by atoms with Crippen molar-refractivity contribution in [2.45, 2.75) is 44.0 Å². The quantitative estimate of drug-likeness (QED) is 0.455. The first-order valence-corrected chi connectivity index (χ1v) is 9.48. The molecule has 2 unspecified atom stereocenters. The number of nitrogens with zero attached hydrogens (tertiary/aromatic N) is 2. The first kappa shape index (κ1) is 21.2. The Morgan fingerprint density at radius 3 is 2.48 bits per heavy atom. The molecule has 2 heterocycles. The summed E-state index contributed by atoms with van der Waals surface area (Å²) in [5.74, 6) is -0.482. The summed E-state index contributed by atoms with van der Waals surface area (Å²) in [4.78, 5) is 18.3. The Morgan fingerprint density at radius 1 is 1.14 bits per heavy atom. The number of rotatable bonds is 8. The molecule has 0 radical (unpaired) electrons. The Hall–Kier alpha value is -2.48. The third-order valence-electron chi connectivity index (χ3n) is 4.86. The fraction of sp³-hybridized carbons (Fsp3) is 0.429. The Bertz CT molecular complexity index is 797. The average Bonchev–Trinajstić information content (AvgIpc) is 3.10. The normalized spacial score (nSPS) is 16.8. The van der Waals surface area contributed by atoms with Gasteiger partial charge >= 0.3 is 6.18 Å². The van der Waals surface area contributed by atoms with Crippen LogP contribution in [-0.4, -0.2) is 35.1 Å². The van der Waals surface area contributed by atoms with Crippen molar-refractivity contribution >= 4 is 5.91 Å². The number of amides is 1. The fourth-order valence-electron chi connectivity index (χ4n) is 3.54. The molecular weight excluding hydrogens is 388 g/mol. The van der Waals surface area contributed by atoms with Gasteiger partial charge in [0.1, 0.15) is 11.9 Å². The summed E-state index contributed by atoms with van der Waals surface area (Å²) in [6.45, 7) is 0.377. The van der Waals surface area contributed by atoms with Crippen molar-refractivity contribution in [2.75, 3.05) is 13.2 Å². The third kappa shape index (κ3) is 5.76. The minimum absolute atomic E-state index is 0.0511. The molecule has 0 aliphatic carbocycles. The summed E-state index contributed by atoms with van der Waals surface area (Å²) in [5, 5.41) is 0. The van der Waals surface area contributed by atoms with Crippen LogP contribution >= 0.6 is 0 Å². The van der Waals surface area contributed by atoms with Crippen LogP contribution < -0.4 is 0 Å². The smallest absolute Gasteiger partial charge is 0.371 e. The molecule has 1 fully saturated rings. The molecule has 29 heavy (non-hydrogen) atoms. The lowest BCUT2D eigenvalue weighted by Gasteiger charge is -2.35. The molecule has 156 valence electrons. The molecule has 0 spiro atoms. The van der Waals surface area contributed by atoms with Crippen molar-refractivity contribution in [3.63, 3.8) is 0 Å². The number of ether oxygens (including phenoxy) is 1. The van der Waals surface area contributed by atoms with Crippen LogP contribution in [0.3, 0.4) is 0 Å². The Balaban J connectivity index is 1.91. The largest absolute Gasteiger partial charge is 0.389 e. The number of halogens is 4. The predicted octanol–water partition coefficient (Wildman–Crippen LogP) is 4.98. The molecule has 1 aromatic heterocycles.